The summed E-state index contributed by atoms with van der Waals surface area (Å²) >= 11 is 0. The summed E-state index contributed by atoms with van der Waals surface area (Å²) in [5.74, 6) is 1.09. The number of anilines is 1. The average Bonchev–Trinajstić information content (AvgIpc) is 3.33. The Bertz CT molecular complexity index is 1200. The maximum atomic E-state index is 13.3. The van der Waals surface area contributed by atoms with Gasteiger partial charge < -0.3 is 24.3 Å². The lowest BCUT2D eigenvalue weighted by Gasteiger charge is -2.26. The molecule has 4 atom stereocenters. The molecule has 0 saturated carbocycles. The first-order chi connectivity index (χ1) is 16.4. The molecule has 1 aromatic heterocycles. The molecule has 1 fully saturated rings. The highest BCUT2D eigenvalue weighted by molar-refractivity contribution is 5.78. The van der Waals surface area contributed by atoms with Crippen LogP contribution in [0.3, 0.4) is 0 Å². The van der Waals surface area contributed by atoms with Crippen LogP contribution in [0.25, 0.3) is 11.1 Å². The van der Waals surface area contributed by atoms with E-state index in [4.69, 9.17) is 9.47 Å². The van der Waals surface area contributed by atoms with Gasteiger partial charge in [-0.3, -0.25) is 10.4 Å². The van der Waals surface area contributed by atoms with Crippen molar-refractivity contribution in [3.63, 3.8) is 0 Å². The Labute approximate surface area is 196 Å². The third-order valence-corrected chi connectivity index (χ3v) is 6.08. The Balaban J connectivity index is 1.53. The summed E-state index contributed by atoms with van der Waals surface area (Å²) in [7, 11) is 0. The van der Waals surface area contributed by atoms with Crippen molar-refractivity contribution < 1.29 is 24.1 Å². The van der Waals surface area contributed by atoms with E-state index in [1.807, 2.05) is 37.4 Å². The molecule has 0 amide bonds. The van der Waals surface area contributed by atoms with Crippen LogP contribution in [0.4, 0.5) is 15.9 Å². The predicted octanol–water partition coefficient (Wildman–Crippen LogP) is 3.83. The summed E-state index contributed by atoms with van der Waals surface area (Å²) in [5.41, 5.74) is 6.70. The molecule has 2 aliphatic heterocycles. The Morgan fingerprint density at radius 1 is 1.18 bits per heavy atom. The topological polar surface area (TPSA) is 91.5 Å². The first-order valence-electron chi connectivity index (χ1n) is 11.3. The van der Waals surface area contributed by atoms with Gasteiger partial charge in [0.05, 0.1) is 24.9 Å². The van der Waals surface area contributed by atoms with Gasteiger partial charge in [0.2, 0.25) is 0 Å². The molecule has 0 bridgehead atoms. The quantitative estimate of drug-likeness (QED) is 0.512. The maximum absolute atomic E-state index is 13.3. The van der Waals surface area contributed by atoms with Gasteiger partial charge in [-0.2, -0.15) is 0 Å². The molecule has 1 saturated heterocycles. The van der Waals surface area contributed by atoms with Gasteiger partial charge in [0.1, 0.15) is 35.9 Å². The molecule has 8 nitrogen and oxygen atoms in total. The predicted molar refractivity (Wildman–Crippen MR) is 126 cm³/mol. The number of aliphatic imine (C=N–C) groups is 1. The van der Waals surface area contributed by atoms with E-state index in [2.05, 4.69) is 10.4 Å². The second kappa shape index (κ2) is 9.09. The summed E-state index contributed by atoms with van der Waals surface area (Å²) in [6.45, 7) is 4.68. The van der Waals surface area contributed by atoms with Gasteiger partial charge in [-0.25, -0.2) is 9.38 Å². The summed E-state index contributed by atoms with van der Waals surface area (Å²) in [6.07, 6.45) is 0.191. The maximum Gasteiger partial charge on any atom is 0.164 e. The van der Waals surface area contributed by atoms with E-state index < -0.39 is 24.5 Å². The third kappa shape index (κ3) is 4.13. The first-order valence-corrected chi connectivity index (χ1v) is 11.3. The minimum absolute atomic E-state index is 0.305. The van der Waals surface area contributed by atoms with Crippen LogP contribution in [0, 0.1) is 5.82 Å². The molecule has 3 heterocycles. The highest BCUT2D eigenvalue weighted by Gasteiger charge is 2.42. The van der Waals surface area contributed by atoms with Crippen molar-refractivity contribution in [3.05, 3.63) is 66.1 Å². The smallest absolute Gasteiger partial charge is 0.164 e. The number of rotatable bonds is 6. The van der Waals surface area contributed by atoms with Gasteiger partial charge in [-0.05, 0) is 55.8 Å². The Morgan fingerprint density at radius 2 is 1.97 bits per heavy atom. The summed E-state index contributed by atoms with van der Waals surface area (Å²) in [5, 5.41) is 22.7. The van der Waals surface area contributed by atoms with Gasteiger partial charge in [0.15, 0.2) is 6.23 Å². The number of fused-ring (bicyclic) bond motifs is 1. The molecule has 9 heteroatoms. The zero-order chi connectivity index (χ0) is 23.8. The molecule has 2 aromatic carbocycles. The van der Waals surface area contributed by atoms with E-state index >= 15 is 0 Å². The standard InChI is InChI=1S/C25H27FN4O4/c1-3-33-19-6-4-5-16(11-19)20-13-30(25-23(32)22(31)15(2)34-25)24-21(20)12-29(14-27-24)28-18-9-7-17(26)8-10-18/h4-11,13-15,22-23,25,28,31-32H,3,12H2,1-2H3/t15-,22-,23-,25-/m1/s1. The molecule has 0 unspecified atom stereocenters. The van der Waals surface area contributed by atoms with Crippen LogP contribution in [0.2, 0.25) is 0 Å². The fourth-order valence-electron chi connectivity index (χ4n) is 4.37. The van der Waals surface area contributed by atoms with Crippen LogP contribution >= 0.6 is 0 Å². The second-order valence-corrected chi connectivity index (χ2v) is 8.42. The number of ether oxygens (including phenoxy) is 2. The Hall–Kier alpha value is -3.40. The molecule has 3 N–H and O–H groups in total. The monoisotopic (exact) mass is 466 g/mol. The van der Waals surface area contributed by atoms with Crippen molar-refractivity contribution >= 4 is 17.8 Å². The number of hydrogen-bond donors (Lipinski definition) is 3. The molecule has 5 rings (SSSR count). The van der Waals surface area contributed by atoms with Crippen LogP contribution in [0.1, 0.15) is 25.6 Å². The fraction of sp³-hybridized carbons (Fsp3) is 0.320. The summed E-state index contributed by atoms with van der Waals surface area (Å²) in [6, 6.07) is 13.9. The van der Waals surface area contributed by atoms with Gasteiger partial charge >= 0.3 is 0 Å². The van der Waals surface area contributed by atoms with Crippen LogP contribution in [-0.2, 0) is 11.3 Å². The number of aromatic nitrogens is 1. The van der Waals surface area contributed by atoms with E-state index in [1.54, 1.807) is 35.0 Å². The van der Waals surface area contributed by atoms with Crippen molar-refractivity contribution in [3.8, 4) is 16.9 Å². The van der Waals surface area contributed by atoms with E-state index in [1.165, 1.54) is 12.1 Å². The first kappa shape index (κ1) is 22.4. The third-order valence-electron chi connectivity index (χ3n) is 6.08. The lowest BCUT2D eigenvalue weighted by Crippen LogP contribution is -2.31. The average molecular weight is 467 g/mol. The summed E-state index contributed by atoms with van der Waals surface area (Å²) in [4.78, 5) is 4.65. The normalized spacial score (nSPS) is 23.7. The van der Waals surface area contributed by atoms with E-state index in [9.17, 15) is 14.6 Å². The summed E-state index contributed by atoms with van der Waals surface area (Å²) < 4.78 is 26.6. The van der Waals surface area contributed by atoms with Crippen molar-refractivity contribution in [1.29, 1.82) is 0 Å². The molecular formula is C25H27FN4O4. The largest absolute Gasteiger partial charge is 0.494 e. The van der Waals surface area contributed by atoms with Crippen molar-refractivity contribution in [1.82, 2.24) is 9.58 Å². The lowest BCUT2D eigenvalue weighted by molar-refractivity contribution is -0.0308. The molecule has 3 aromatic rings. The zero-order valence-corrected chi connectivity index (χ0v) is 18.9. The number of halogens is 1. The minimum atomic E-state index is -1.08. The SMILES string of the molecule is CCOc1cccc(-c2cn([C@@H]3O[C@H](C)[C@@H](O)[C@H]3O)c3c2CN(Nc2ccc(F)cc2)C=N3)c1. The molecule has 178 valence electrons. The molecule has 2 aliphatic rings. The number of benzene rings is 2. The highest BCUT2D eigenvalue weighted by Crippen LogP contribution is 2.42. The molecule has 34 heavy (non-hydrogen) atoms. The number of nitrogens with zero attached hydrogens (tertiary/aromatic N) is 3. The molecule has 0 aliphatic carbocycles. The number of aliphatic hydroxyl groups excluding tert-OH is 2. The van der Waals surface area contributed by atoms with Gasteiger partial charge in [-0.1, -0.05) is 12.1 Å². The number of nitrogens with one attached hydrogen (secondary N) is 1. The van der Waals surface area contributed by atoms with Gasteiger partial charge in [-0.15, -0.1) is 0 Å². The van der Waals surface area contributed by atoms with Crippen LogP contribution < -0.4 is 10.2 Å². The van der Waals surface area contributed by atoms with Gasteiger partial charge in [0.25, 0.3) is 0 Å². The van der Waals surface area contributed by atoms with Crippen LogP contribution in [0.15, 0.2) is 59.7 Å². The number of aliphatic hydroxyl groups is 2. The minimum Gasteiger partial charge on any atom is -0.494 e. The highest BCUT2D eigenvalue weighted by atomic mass is 19.1. The Morgan fingerprint density at radius 3 is 2.68 bits per heavy atom. The van der Waals surface area contributed by atoms with Gasteiger partial charge in [0, 0.05) is 17.3 Å². The van der Waals surface area contributed by atoms with E-state index in [0.717, 1.165) is 28.1 Å². The molecule has 0 spiro atoms. The Kier molecular flexibility index (Phi) is 5.99. The zero-order valence-electron chi connectivity index (χ0n) is 18.9. The fourth-order valence-corrected chi connectivity index (χ4v) is 4.37. The number of hydrazine groups is 1. The van der Waals surface area contributed by atoms with Crippen LogP contribution in [-0.4, -0.2) is 51.0 Å². The van der Waals surface area contributed by atoms with E-state index in [0.29, 0.717) is 19.0 Å². The second-order valence-electron chi connectivity index (χ2n) is 8.42. The lowest BCUT2D eigenvalue weighted by atomic mass is 10.0. The van der Waals surface area contributed by atoms with E-state index in [-0.39, 0.29) is 5.82 Å². The van der Waals surface area contributed by atoms with Crippen molar-refractivity contribution in [2.45, 2.75) is 44.9 Å². The van der Waals surface area contributed by atoms with Crippen molar-refractivity contribution in [2.75, 3.05) is 12.0 Å². The number of hydrogen-bond acceptors (Lipinski definition) is 7. The van der Waals surface area contributed by atoms with Crippen molar-refractivity contribution in [2.24, 2.45) is 4.99 Å². The van der Waals surface area contributed by atoms with Crippen LogP contribution in [0.5, 0.6) is 5.75 Å². The molecular weight excluding hydrogens is 439 g/mol. The molecule has 0 radical (unpaired) electrons.